The zero-order chi connectivity index (χ0) is 12.9. The van der Waals surface area contributed by atoms with E-state index in [2.05, 4.69) is 64.1 Å². The highest BCUT2D eigenvalue weighted by Gasteiger charge is 2.20. The van der Waals surface area contributed by atoms with Gasteiger partial charge in [-0.05, 0) is 17.9 Å². The summed E-state index contributed by atoms with van der Waals surface area (Å²) in [6.45, 7) is 8.77. The second kappa shape index (κ2) is 3.61. The van der Waals surface area contributed by atoms with Gasteiger partial charge in [0.2, 0.25) is 0 Å². The summed E-state index contributed by atoms with van der Waals surface area (Å²) in [6, 6.07) is 12.8. The van der Waals surface area contributed by atoms with Gasteiger partial charge in [0.05, 0.1) is 0 Å². The molecular weight excluding hydrogens is 220 g/mol. The van der Waals surface area contributed by atoms with Crippen molar-refractivity contribution in [3.63, 3.8) is 0 Å². The molecule has 0 fully saturated rings. The van der Waals surface area contributed by atoms with Crippen LogP contribution in [0.4, 0.5) is 0 Å². The van der Waals surface area contributed by atoms with Gasteiger partial charge in [0, 0.05) is 16.3 Å². The van der Waals surface area contributed by atoms with E-state index in [0.717, 1.165) is 11.2 Å². The fourth-order valence-corrected chi connectivity index (χ4v) is 2.55. The summed E-state index contributed by atoms with van der Waals surface area (Å²) in [5.41, 5.74) is 4.62. The Kier molecular flexibility index (Phi) is 2.28. The summed E-state index contributed by atoms with van der Waals surface area (Å²) in [7, 11) is 0. The molecule has 0 unspecified atom stereocenters. The molecule has 2 aromatic carbocycles. The Morgan fingerprint density at radius 3 is 2.11 bits per heavy atom. The first kappa shape index (κ1) is 11.3. The fraction of sp³-hybridized carbons (Fsp3) is 0.294. The molecule has 1 heterocycles. The first-order valence-corrected chi connectivity index (χ1v) is 6.40. The van der Waals surface area contributed by atoms with E-state index in [4.69, 9.17) is 4.42 Å². The van der Waals surface area contributed by atoms with Crippen molar-refractivity contribution < 1.29 is 4.42 Å². The summed E-state index contributed by atoms with van der Waals surface area (Å²) >= 11 is 0. The molecule has 0 saturated heterocycles. The first-order valence-electron chi connectivity index (χ1n) is 6.40. The molecule has 0 amide bonds. The molecule has 0 bridgehead atoms. The molecule has 0 atom stereocenters. The molecule has 0 saturated carbocycles. The number of fused-ring (bicyclic) bond motifs is 3. The van der Waals surface area contributed by atoms with Gasteiger partial charge in [0.1, 0.15) is 11.2 Å². The lowest BCUT2D eigenvalue weighted by Crippen LogP contribution is -2.10. The van der Waals surface area contributed by atoms with E-state index in [0.29, 0.717) is 0 Å². The molecule has 0 spiro atoms. The van der Waals surface area contributed by atoms with Gasteiger partial charge in [0.15, 0.2) is 0 Å². The maximum absolute atomic E-state index is 6.14. The summed E-state index contributed by atoms with van der Waals surface area (Å²) in [5.74, 6) is 0. The fourth-order valence-electron chi connectivity index (χ4n) is 2.55. The van der Waals surface area contributed by atoms with Crippen molar-refractivity contribution in [2.75, 3.05) is 0 Å². The van der Waals surface area contributed by atoms with E-state index in [1.165, 1.54) is 21.9 Å². The van der Waals surface area contributed by atoms with Crippen molar-refractivity contribution in [1.82, 2.24) is 0 Å². The monoisotopic (exact) mass is 238 g/mol. The van der Waals surface area contributed by atoms with Crippen LogP contribution >= 0.6 is 0 Å². The molecule has 0 aliphatic heterocycles. The van der Waals surface area contributed by atoms with Gasteiger partial charge in [-0.3, -0.25) is 0 Å². The molecule has 0 aliphatic rings. The third-order valence-electron chi connectivity index (χ3n) is 3.53. The molecule has 0 N–H and O–H groups in total. The van der Waals surface area contributed by atoms with Crippen LogP contribution in [-0.2, 0) is 5.41 Å². The largest absolute Gasteiger partial charge is 0.455 e. The normalized spacial score (nSPS) is 12.4. The standard InChI is InChI=1S/C17H18O/c1-11-7-5-8-12-13-9-6-10-14(17(2,3)4)16(13)18-15(11)12/h5-10H,1-4H3. The van der Waals surface area contributed by atoms with Crippen molar-refractivity contribution >= 4 is 21.9 Å². The molecule has 3 rings (SSSR count). The average Bonchev–Trinajstić information content (AvgIpc) is 2.68. The predicted octanol–water partition coefficient (Wildman–Crippen LogP) is 5.19. The molecule has 18 heavy (non-hydrogen) atoms. The molecule has 1 nitrogen and oxygen atoms in total. The van der Waals surface area contributed by atoms with E-state index in [1.54, 1.807) is 0 Å². The van der Waals surface area contributed by atoms with E-state index in [1.807, 2.05) is 0 Å². The Morgan fingerprint density at radius 2 is 1.44 bits per heavy atom. The first-order chi connectivity index (χ1) is 8.48. The van der Waals surface area contributed by atoms with Gasteiger partial charge in [-0.2, -0.15) is 0 Å². The summed E-state index contributed by atoms with van der Waals surface area (Å²) in [6.07, 6.45) is 0. The average molecular weight is 238 g/mol. The van der Waals surface area contributed by atoms with Crippen LogP contribution in [0.5, 0.6) is 0 Å². The molecule has 0 radical (unpaired) electrons. The molecule has 1 aromatic heterocycles. The number of aryl methyl sites for hydroxylation is 1. The van der Waals surface area contributed by atoms with Crippen LogP contribution in [0.15, 0.2) is 40.8 Å². The molecule has 3 aromatic rings. The summed E-state index contributed by atoms with van der Waals surface area (Å²) < 4.78 is 6.14. The number of benzene rings is 2. The highest BCUT2D eigenvalue weighted by Crippen LogP contribution is 2.36. The van der Waals surface area contributed by atoms with Crippen LogP contribution in [0.1, 0.15) is 31.9 Å². The van der Waals surface area contributed by atoms with Gasteiger partial charge in [0.25, 0.3) is 0 Å². The molecule has 92 valence electrons. The number of para-hydroxylation sites is 2. The van der Waals surface area contributed by atoms with Crippen LogP contribution in [0.3, 0.4) is 0 Å². The smallest absolute Gasteiger partial charge is 0.139 e. The number of hydrogen-bond donors (Lipinski definition) is 0. The highest BCUT2D eigenvalue weighted by atomic mass is 16.3. The molecular formula is C17H18O. The van der Waals surface area contributed by atoms with Gasteiger partial charge in [-0.25, -0.2) is 0 Å². The van der Waals surface area contributed by atoms with Crippen LogP contribution in [0.2, 0.25) is 0 Å². The van der Waals surface area contributed by atoms with Gasteiger partial charge in [-0.1, -0.05) is 57.2 Å². The Balaban J connectivity index is 2.50. The van der Waals surface area contributed by atoms with Crippen molar-refractivity contribution in [3.05, 3.63) is 47.5 Å². The maximum Gasteiger partial charge on any atom is 0.139 e. The third-order valence-corrected chi connectivity index (χ3v) is 3.53. The van der Waals surface area contributed by atoms with Crippen molar-refractivity contribution in [3.8, 4) is 0 Å². The maximum atomic E-state index is 6.14. The second-order valence-electron chi connectivity index (χ2n) is 5.99. The Bertz CT molecular complexity index is 726. The molecule has 0 aliphatic carbocycles. The van der Waals surface area contributed by atoms with Crippen molar-refractivity contribution in [2.24, 2.45) is 0 Å². The van der Waals surface area contributed by atoms with Crippen LogP contribution in [-0.4, -0.2) is 0 Å². The minimum absolute atomic E-state index is 0.0985. The van der Waals surface area contributed by atoms with Gasteiger partial charge >= 0.3 is 0 Å². The lowest BCUT2D eigenvalue weighted by Gasteiger charge is -2.18. The lowest BCUT2D eigenvalue weighted by atomic mass is 9.86. The van der Waals surface area contributed by atoms with Crippen LogP contribution in [0.25, 0.3) is 21.9 Å². The minimum atomic E-state index is 0.0985. The lowest BCUT2D eigenvalue weighted by molar-refractivity contribution is 0.572. The van der Waals surface area contributed by atoms with Crippen LogP contribution < -0.4 is 0 Å². The SMILES string of the molecule is Cc1cccc2c1oc1c(C(C)(C)C)cccc12. The number of hydrogen-bond acceptors (Lipinski definition) is 1. The van der Waals surface area contributed by atoms with Crippen LogP contribution in [0, 0.1) is 6.92 Å². The minimum Gasteiger partial charge on any atom is -0.455 e. The number of furan rings is 1. The van der Waals surface area contributed by atoms with E-state index in [9.17, 15) is 0 Å². The quantitative estimate of drug-likeness (QED) is 0.525. The van der Waals surface area contributed by atoms with E-state index < -0.39 is 0 Å². The third kappa shape index (κ3) is 1.54. The number of rotatable bonds is 0. The Labute approximate surface area is 107 Å². The topological polar surface area (TPSA) is 13.1 Å². The Morgan fingerprint density at radius 1 is 0.833 bits per heavy atom. The van der Waals surface area contributed by atoms with Gasteiger partial charge in [-0.15, -0.1) is 0 Å². The van der Waals surface area contributed by atoms with E-state index in [-0.39, 0.29) is 5.41 Å². The van der Waals surface area contributed by atoms with Crippen molar-refractivity contribution in [2.45, 2.75) is 33.1 Å². The van der Waals surface area contributed by atoms with E-state index >= 15 is 0 Å². The zero-order valence-electron chi connectivity index (χ0n) is 11.4. The zero-order valence-corrected chi connectivity index (χ0v) is 11.4. The van der Waals surface area contributed by atoms with Crippen molar-refractivity contribution in [1.29, 1.82) is 0 Å². The summed E-state index contributed by atoms with van der Waals surface area (Å²) in [4.78, 5) is 0. The highest BCUT2D eigenvalue weighted by molar-refractivity contribution is 6.06. The molecule has 1 heteroatoms. The summed E-state index contributed by atoms with van der Waals surface area (Å²) in [5, 5.41) is 2.44. The van der Waals surface area contributed by atoms with Gasteiger partial charge < -0.3 is 4.42 Å². The predicted molar refractivity (Wildman–Crippen MR) is 77.2 cm³/mol. The Hall–Kier alpha value is -1.76. The second-order valence-corrected chi connectivity index (χ2v) is 5.99.